The number of nitrogens with zero attached hydrogens (tertiary/aromatic N) is 1. The second kappa shape index (κ2) is 5.70. The summed E-state index contributed by atoms with van der Waals surface area (Å²) in [7, 11) is 0. The third-order valence-corrected chi connectivity index (χ3v) is 4.42. The Morgan fingerprint density at radius 3 is 2.62 bits per heavy atom. The zero-order chi connectivity index (χ0) is 11.4. The number of piperidine rings is 1. The number of nitrogens with one attached hydrogen (secondary N) is 1. The van der Waals surface area contributed by atoms with Gasteiger partial charge in [0.25, 0.3) is 0 Å². The SMILES string of the molecule is CC1CCC(CCN2CCCCC2=N)CC1. The van der Waals surface area contributed by atoms with Crippen LogP contribution in [0, 0.1) is 17.2 Å². The third kappa shape index (κ3) is 3.23. The molecule has 1 heterocycles. The van der Waals surface area contributed by atoms with E-state index in [0.717, 1.165) is 37.2 Å². The van der Waals surface area contributed by atoms with Crippen LogP contribution in [0.5, 0.6) is 0 Å². The first-order chi connectivity index (χ1) is 7.75. The molecule has 16 heavy (non-hydrogen) atoms. The fraction of sp³-hybridized carbons (Fsp3) is 0.929. The van der Waals surface area contributed by atoms with Crippen molar-refractivity contribution >= 4 is 5.84 Å². The monoisotopic (exact) mass is 222 g/mol. The van der Waals surface area contributed by atoms with Crippen LogP contribution in [0.1, 0.15) is 58.3 Å². The molecule has 0 aromatic carbocycles. The van der Waals surface area contributed by atoms with Crippen LogP contribution in [0.15, 0.2) is 0 Å². The molecule has 1 aliphatic heterocycles. The lowest BCUT2D eigenvalue weighted by atomic mass is 9.81. The summed E-state index contributed by atoms with van der Waals surface area (Å²) in [5.41, 5.74) is 0. The molecular formula is C14H26N2. The maximum atomic E-state index is 7.92. The lowest BCUT2D eigenvalue weighted by Gasteiger charge is -2.32. The predicted octanol–water partition coefficient (Wildman–Crippen LogP) is 3.67. The maximum Gasteiger partial charge on any atom is 0.0957 e. The molecule has 2 heteroatoms. The van der Waals surface area contributed by atoms with E-state index in [2.05, 4.69) is 11.8 Å². The van der Waals surface area contributed by atoms with Gasteiger partial charge in [-0.25, -0.2) is 0 Å². The Morgan fingerprint density at radius 1 is 1.19 bits per heavy atom. The van der Waals surface area contributed by atoms with Gasteiger partial charge in [-0.3, -0.25) is 5.41 Å². The van der Waals surface area contributed by atoms with E-state index < -0.39 is 0 Å². The quantitative estimate of drug-likeness (QED) is 0.775. The summed E-state index contributed by atoms with van der Waals surface area (Å²) < 4.78 is 0. The minimum Gasteiger partial charge on any atom is -0.361 e. The summed E-state index contributed by atoms with van der Waals surface area (Å²) >= 11 is 0. The highest BCUT2D eigenvalue weighted by Crippen LogP contribution is 2.30. The average Bonchev–Trinajstić information content (AvgIpc) is 2.30. The Hall–Kier alpha value is -0.530. The van der Waals surface area contributed by atoms with Gasteiger partial charge in [0.1, 0.15) is 0 Å². The molecule has 2 fully saturated rings. The van der Waals surface area contributed by atoms with Gasteiger partial charge < -0.3 is 4.90 Å². The van der Waals surface area contributed by atoms with Crippen LogP contribution < -0.4 is 0 Å². The summed E-state index contributed by atoms with van der Waals surface area (Å²) in [6.45, 7) is 4.68. The smallest absolute Gasteiger partial charge is 0.0957 e. The summed E-state index contributed by atoms with van der Waals surface area (Å²) in [6, 6.07) is 0. The Morgan fingerprint density at radius 2 is 1.94 bits per heavy atom. The minimum atomic E-state index is 0.899. The first-order valence-electron chi connectivity index (χ1n) is 7.08. The summed E-state index contributed by atoms with van der Waals surface area (Å²) in [5, 5.41) is 7.92. The molecule has 2 nitrogen and oxygen atoms in total. The summed E-state index contributed by atoms with van der Waals surface area (Å²) in [4.78, 5) is 2.32. The van der Waals surface area contributed by atoms with Crippen molar-refractivity contribution in [3.63, 3.8) is 0 Å². The lowest BCUT2D eigenvalue weighted by molar-refractivity contribution is 0.250. The highest BCUT2D eigenvalue weighted by molar-refractivity contribution is 5.79. The van der Waals surface area contributed by atoms with Gasteiger partial charge in [0.2, 0.25) is 0 Å². The van der Waals surface area contributed by atoms with Gasteiger partial charge in [0, 0.05) is 19.5 Å². The highest BCUT2D eigenvalue weighted by Gasteiger charge is 2.20. The third-order valence-electron chi connectivity index (χ3n) is 4.42. The van der Waals surface area contributed by atoms with E-state index in [1.165, 1.54) is 44.9 Å². The Kier molecular flexibility index (Phi) is 4.25. The zero-order valence-corrected chi connectivity index (χ0v) is 10.7. The number of rotatable bonds is 3. The van der Waals surface area contributed by atoms with Gasteiger partial charge in [0.15, 0.2) is 0 Å². The maximum absolute atomic E-state index is 7.92. The van der Waals surface area contributed by atoms with E-state index >= 15 is 0 Å². The second-order valence-electron chi connectivity index (χ2n) is 5.81. The normalized spacial score (nSPS) is 31.8. The van der Waals surface area contributed by atoms with E-state index in [9.17, 15) is 0 Å². The van der Waals surface area contributed by atoms with Gasteiger partial charge in [-0.1, -0.05) is 32.6 Å². The average molecular weight is 222 g/mol. The molecule has 0 aromatic heterocycles. The van der Waals surface area contributed by atoms with Crippen molar-refractivity contribution in [2.45, 2.75) is 58.3 Å². The zero-order valence-electron chi connectivity index (χ0n) is 10.7. The van der Waals surface area contributed by atoms with Crippen molar-refractivity contribution in [3.05, 3.63) is 0 Å². The molecule has 2 rings (SSSR count). The number of amidine groups is 1. The molecular weight excluding hydrogens is 196 g/mol. The van der Waals surface area contributed by atoms with Crippen LogP contribution in [0.25, 0.3) is 0 Å². The van der Waals surface area contributed by atoms with Gasteiger partial charge in [-0.05, 0) is 31.1 Å². The van der Waals surface area contributed by atoms with Crippen molar-refractivity contribution in [1.82, 2.24) is 4.90 Å². The van der Waals surface area contributed by atoms with Crippen LogP contribution in [0.4, 0.5) is 0 Å². The van der Waals surface area contributed by atoms with Crippen molar-refractivity contribution in [1.29, 1.82) is 5.41 Å². The summed E-state index contributed by atoms with van der Waals surface area (Å²) in [6.07, 6.45) is 10.6. The van der Waals surface area contributed by atoms with Crippen molar-refractivity contribution in [3.8, 4) is 0 Å². The van der Waals surface area contributed by atoms with Crippen molar-refractivity contribution in [2.75, 3.05) is 13.1 Å². The first kappa shape index (κ1) is 11.9. The molecule has 0 radical (unpaired) electrons. The molecule has 0 amide bonds. The molecule has 0 aromatic rings. The fourth-order valence-electron chi connectivity index (χ4n) is 3.09. The van der Waals surface area contributed by atoms with E-state index in [-0.39, 0.29) is 0 Å². The molecule has 0 spiro atoms. The minimum absolute atomic E-state index is 0.899. The molecule has 92 valence electrons. The van der Waals surface area contributed by atoms with Crippen LogP contribution in [0.2, 0.25) is 0 Å². The van der Waals surface area contributed by atoms with Crippen molar-refractivity contribution in [2.24, 2.45) is 11.8 Å². The van der Waals surface area contributed by atoms with Crippen LogP contribution >= 0.6 is 0 Å². The fourth-order valence-corrected chi connectivity index (χ4v) is 3.09. The predicted molar refractivity (Wildman–Crippen MR) is 68.9 cm³/mol. The van der Waals surface area contributed by atoms with Gasteiger partial charge in [-0.2, -0.15) is 0 Å². The summed E-state index contributed by atoms with van der Waals surface area (Å²) in [5.74, 6) is 2.81. The van der Waals surface area contributed by atoms with E-state index in [4.69, 9.17) is 5.41 Å². The Labute approximate surface area is 99.9 Å². The first-order valence-corrected chi connectivity index (χ1v) is 7.08. The van der Waals surface area contributed by atoms with Crippen LogP contribution in [-0.4, -0.2) is 23.8 Å². The molecule has 1 saturated heterocycles. The van der Waals surface area contributed by atoms with Crippen LogP contribution in [-0.2, 0) is 0 Å². The van der Waals surface area contributed by atoms with E-state index in [1.54, 1.807) is 0 Å². The van der Waals surface area contributed by atoms with Crippen LogP contribution in [0.3, 0.4) is 0 Å². The van der Waals surface area contributed by atoms with Gasteiger partial charge >= 0.3 is 0 Å². The lowest BCUT2D eigenvalue weighted by Crippen LogP contribution is -2.36. The largest absolute Gasteiger partial charge is 0.361 e. The number of hydrogen-bond acceptors (Lipinski definition) is 1. The topological polar surface area (TPSA) is 27.1 Å². The molecule has 2 aliphatic rings. The van der Waals surface area contributed by atoms with Gasteiger partial charge in [0.05, 0.1) is 5.84 Å². The standard InChI is InChI=1S/C14H26N2/c1-12-5-7-13(8-6-12)9-11-16-10-3-2-4-14(16)15/h12-13,15H,2-11H2,1H3. The Balaban J connectivity index is 1.68. The molecule has 0 atom stereocenters. The van der Waals surface area contributed by atoms with Gasteiger partial charge in [-0.15, -0.1) is 0 Å². The molecule has 1 aliphatic carbocycles. The van der Waals surface area contributed by atoms with Crippen molar-refractivity contribution < 1.29 is 0 Å². The second-order valence-corrected chi connectivity index (χ2v) is 5.81. The molecule has 0 unspecified atom stereocenters. The molecule has 1 N–H and O–H groups in total. The molecule has 0 bridgehead atoms. The Bertz CT molecular complexity index is 229. The molecule has 1 saturated carbocycles. The van der Waals surface area contributed by atoms with E-state index in [0.29, 0.717) is 0 Å². The number of hydrogen-bond donors (Lipinski definition) is 1. The highest BCUT2D eigenvalue weighted by atomic mass is 15.2. The number of likely N-dealkylation sites (tertiary alicyclic amines) is 1. The van der Waals surface area contributed by atoms with E-state index in [1.807, 2.05) is 0 Å².